The zero-order valence-electron chi connectivity index (χ0n) is 26.1. The number of carbonyl (C=O) groups excluding carboxylic acids is 1. The number of amides is 1. The maximum Gasteiger partial charge on any atom is 0.323 e. The lowest BCUT2D eigenvalue weighted by Crippen LogP contribution is -2.36. The Hall–Kier alpha value is -4.48. The summed E-state index contributed by atoms with van der Waals surface area (Å²) in [5.41, 5.74) is -1.95. The number of oxazole rings is 1. The topological polar surface area (TPSA) is 247 Å². The van der Waals surface area contributed by atoms with Crippen LogP contribution in [0.5, 0.6) is 0 Å². The smallest absolute Gasteiger partial charge is 0.323 e. The van der Waals surface area contributed by atoms with Crippen LogP contribution in [0.2, 0.25) is 0 Å². The van der Waals surface area contributed by atoms with Gasteiger partial charge in [-0.1, -0.05) is 43.0 Å². The molecule has 0 radical (unpaired) electrons. The van der Waals surface area contributed by atoms with Gasteiger partial charge in [0.1, 0.15) is 33.5 Å². The fourth-order valence-electron chi connectivity index (χ4n) is 5.13. The molecule has 1 amide bonds. The SMILES string of the molecule is CCC(C=C1Sc2ccccc2N1CCCS(=O)(=O)O)=c1s/c(=c2/o/c(=C3/SC(=S)N(CC(=O)O)C3=O)n(CC(=O)O)c2=O)n(CC(=O)O)c1=O. The Kier molecular flexibility index (Phi) is 11.1. The molecule has 0 spiro atoms. The molecule has 1 saturated heterocycles. The fourth-order valence-corrected chi connectivity index (χ4v) is 9.25. The number of rotatable bonds is 12. The molecule has 3 aromatic rings. The number of aromatic nitrogens is 2. The second-order valence-electron chi connectivity index (χ2n) is 10.7. The van der Waals surface area contributed by atoms with Crippen LogP contribution in [0.4, 0.5) is 5.69 Å². The van der Waals surface area contributed by atoms with Gasteiger partial charge < -0.3 is 24.6 Å². The second-order valence-corrected chi connectivity index (χ2v) is 16.0. The van der Waals surface area contributed by atoms with Crippen molar-refractivity contribution in [3.05, 3.63) is 76.2 Å². The van der Waals surface area contributed by atoms with Gasteiger partial charge in [0.2, 0.25) is 11.0 Å². The van der Waals surface area contributed by atoms with Crippen molar-refractivity contribution in [3.8, 4) is 0 Å². The number of anilines is 1. The molecule has 1 fully saturated rings. The number of nitrogens with zero attached hydrogens (tertiary/aromatic N) is 4. The van der Waals surface area contributed by atoms with E-state index in [2.05, 4.69) is 0 Å². The van der Waals surface area contributed by atoms with E-state index < -0.39 is 81.4 Å². The number of hydrogen-bond acceptors (Lipinski definition) is 14. The highest BCUT2D eigenvalue weighted by Crippen LogP contribution is 2.46. The third-order valence-corrected chi connectivity index (χ3v) is 11.9. The molecule has 2 aliphatic heterocycles. The summed E-state index contributed by atoms with van der Waals surface area (Å²) in [7, 11) is -4.23. The molecule has 1 aromatic carbocycles. The van der Waals surface area contributed by atoms with Gasteiger partial charge in [-0.3, -0.25) is 47.4 Å². The van der Waals surface area contributed by atoms with Crippen LogP contribution in [0.1, 0.15) is 19.8 Å². The van der Waals surface area contributed by atoms with E-state index in [1.54, 1.807) is 19.1 Å². The molecular formula is C29H26N4O13S5. The van der Waals surface area contributed by atoms with Crippen LogP contribution in [0, 0.1) is 10.1 Å². The van der Waals surface area contributed by atoms with Crippen molar-refractivity contribution in [1.29, 1.82) is 0 Å². The highest BCUT2D eigenvalue weighted by atomic mass is 32.2. The van der Waals surface area contributed by atoms with E-state index in [1.807, 2.05) is 23.1 Å². The van der Waals surface area contributed by atoms with Gasteiger partial charge in [0.05, 0.1) is 21.0 Å². The van der Waals surface area contributed by atoms with Gasteiger partial charge >= 0.3 is 17.9 Å². The minimum absolute atomic E-state index is 0.0191. The lowest BCUT2D eigenvalue weighted by atomic mass is 10.2. The van der Waals surface area contributed by atoms with Gasteiger partial charge in [-0.05, 0) is 48.4 Å². The summed E-state index contributed by atoms with van der Waals surface area (Å²) >= 11 is 7.74. The molecule has 270 valence electrons. The molecule has 0 atom stereocenters. The zero-order valence-corrected chi connectivity index (χ0v) is 30.2. The summed E-state index contributed by atoms with van der Waals surface area (Å²) in [6.45, 7) is -0.823. The number of aliphatic carboxylic acids is 3. The van der Waals surface area contributed by atoms with Crippen molar-refractivity contribution in [1.82, 2.24) is 14.0 Å². The Morgan fingerprint density at radius 2 is 1.57 bits per heavy atom. The molecule has 17 nitrogen and oxygen atoms in total. The Morgan fingerprint density at radius 3 is 2.20 bits per heavy atom. The van der Waals surface area contributed by atoms with Gasteiger partial charge in [0.25, 0.3) is 27.1 Å². The fraction of sp³-hybridized carbons (Fsp3) is 0.276. The molecule has 2 aliphatic rings. The predicted octanol–water partition coefficient (Wildman–Crippen LogP) is 0.466. The van der Waals surface area contributed by atoms with Crippen molar-refractivity contribution in [3.63, 3.8) is 0 Å². The average Bonchev–Trinajstić information content (AvgIpc) is 3.73. The highest BCUT2D eigenvalue weighted by Gasteiger charge is 2.36. The number of benzene rings is 1. The Labute approximate surface area is 303 Å². The first-order chi connectivity index (χ1) is 24.0. The summed E-state index contributed by atoms with van der Waals surface area (Å²) in [6, 6.07) is 7.27. The maximum atomic E-state index is 13.9. The lowest BCUT2D eigenvalue weighted by Gasteiger charge is -2.20. The number of fused-ring (bicyclic) bond motifs is 1. The zero-order chi connectivity index (χ0) is 37.4. The number of carbonyl (C=O) groups is 4. The number of carboxylic acid groups (broad SMARTS) is 3. The highest BCUT2D eigenvalue weighted by molar-refractivity contribution is 8.30. The van der Waals surface area contributed by atoms with Gasteiger partial charge in [-0.2, -0.15) is 8.42 Å². The number of carboxylic acids is 3. The molecule has 22 heteroatoms. The van der Waals surface area contributed by atoms with Crippen LogP contribution >= 0.6 is 47.1 Å². The van der Waals surface area contributed by atoms with Gasteiger partial charge in [-0.25, -0.2) is 0 Å². The first-order valence-electron chi connectivity index (χ1n) is 14.6. The number of allylic oxidation sites excluding steroid dienone is 1. The van der Waals surface area contributed by atoms with Gasteiger partial charge in [0, 0.05) is 11.4 Å². The summed E-state index contributed by atoms with van der Waals surface area (Å²) in [4.78, 5) is 78.8. The average molecular weight is 799 g/mol. The third kappa shape index (κ3) is 8.05. The van der Waals surface area contributed by atoms with E-state index in [-0.39, 0.29) is 37.8 Å². The molecular weight excluding hydrogens is 773 g/mol. The maximum absolute atomic E-state index is 13.9. The second kappa shape index (κ2) is 15.0. The van der Waals surface area contributed by atoms with Crippen molar-refractivity contribution in [2.45, 2.75) is 37.8 Å². The number of thioether (sulfide) groups is 2. The molecule has 4 heterocycles. The van der Waals surface area contributed by atoms with E-state index in [9.17, 15) is 57.1 Å². The quantitative estimate of drug-likeness (QED) is 0.144. The Balaban J connectivity index is 1.79. The molecule has 5 rings (SSSR count). The van der Waals surface area contributed by atoms with E-state index in [4.69, 9.17) is 16.6 Å². The summed E-state index contributed by atoms with van der Waals surface area (Å²) < 4.78 is 38.7. The number of thiocarbonyl (C=S) groups is 1. The van der Waals surface area contributed by atoms with Gasteiger partial charge in [-0.15, -0.1) is 11.3 Å². The number of thiazole rings is 1. The van der Waals surface area contributed by atoms with Crippen molar-refractivity contribution in [2.75, 3.05) is 23.7 Å². The molecule has 51 heavy (non-hydrogen) atoms. The van der Waals surface area contributed by atoms with Crippen molar-refractivity contribution in [2.24, 2.45) is 0 Å². The number of hydrogen-bond donors (Lipinski definition) is 4. The third-order valence-electron chi connectivity index (χ3n) is 7.28. The Bertz CT molecular complexity index is 2500. The number of para-hydroxylation sites is 1. The van der Waals surface area contributed by atoms with Crippen LogP contribution in [-0.2, 0) is 42.4 Å². The van der Waals surface area contributed by atoms with Crippen LogP contribution in [0.25, 0.3) is 10.5 Å². The van der Waals surface area contributed by atoms with E-state index in [0.29, 0.717) is 38.3 Å². The van der Waals surface area contributed by atoms with Gasteiger partial charge in [0.15, 0.2) is 0 Å². The van der Waals surface area contributed by atoms with Crippen molar-refractivity contribution >= 4 is 101 Å². The normalized spacial score (nSPS) is 17.7. The molecule has 2 aromatic heterocycles. The van der Waals surface area contributed by atoms with E-state index in [1.165, 1.54) is 11.8 Å². The van der Waals surface area contributed by atoms with E-state index >= 15 is 0 Å². The minimum atomic E-state index is -4.23. The standard InChI is InChI=1S/C29H26N4O13S5/c1-2-14(10-17-30(8-5-9-51(43,44)45)15-6-3-4-7-16(15)48-17)22-25(41)32(12-19(36)37)28(49-22)21-24(40)31(11-18(34)35)27(46-21)23-26(42)33(13-20(38)39)29(47)50-23/h3-4,6-7,10H,2,5,8-9,11-13H2,1H3,(H,34,35)(H,36,37)(H,38,39)(H,43,44,45)/b17-10?,22-14?,27-23+,28-21+. The summed E-state index contributed by atoms with van der Waals surface area (Å²) in [6.07, 6.45) is 1.98. The molecule has 0 saturated carbocycles. The van der Waals surface area contributed by atoms with Crippen LogP contribution in [-0.4, -0.2) is 89.3 Å². The molecule has 0 aliphatic carbocycles. The summed E-state index contributed by atoms with van der Waals surface area (Å²) in [5, 5.41) is 29.1. The Morgan fingerprint density at radius 1 is 0.922 bits per heavy atom. The molecule has 4 N–H and O–H groups in total. The summed E-state index contributed by atoms with van der Waals surface area (Å²) in [5.74, 6) is -5.80. The van der Waals surface area contributed by atoms with Crippen LogP contribution in [0.15, 0.2) is 54.3 Å². The van der Waals surface area contributed by atoms with Crippen molar-refractivity contribution < 1.29 is 51.9 Å². The van der Waals surface area contributed by atoms with Crippen LogP contribution in [0.3, 0.4) is 0 Å². The molecule has 0 unspecified atom stereocenters. The monoisotopic (exact) mass is 798 g/mol. The van der Waals surface area contributed by atoms with Crippen LogP contribution < -0.4 is 26.1 Å². The molecule has 0 bridgehead atoms. The first kappa shape index (κ1) is 37.8. The lowest BCUT2D eigenvalue weighted by molar-refractivity contribution is -0.140. The predicted molar refractivity (Wildman–Crippen MR) is 189 cm³/mol. The largest absolute Gasteiger partial charge is 0.480 e. The first-order valence-corrected chi connectivity index (χ1v) is 19.1. The minimum Gasteiger partial charge on any atom is -0.480 e. The van der Waals surface area contributed by atoms with E-state index in [0.717, 1.165) is 20.0 Å².